The largest absolute Gasteiger partial charge is 0.382 e. The van der Waals surface area contributed by atoms with E-state index in [1.165, 1.54) is 0 Å². The summed E-state index contributed by atoms with van der Waals surface area (Å²) in [6.45, 7) is 0.459. The van der Waals surface area contributed by atoms with Crippen LogP contribution in [-0.2, 0) is 6.42 Å². The summed E-state index contributed by atoms with van der Waals surface area (Å²) in [5, 5.41) is 11.0. The molecule has 0 saturated heterocycles. The molecule has 0 aliphatic heterocycles. The van der Waals surface area contributed by atoms with Gasteiger partial charge in [-0.25, -0.2) is 9.97 Å². The van der Waals surface area contributed by atoms with Crippen LogP contribution in [-0.4, -0.2) is 42.2 Å². The number of hydrogen-bond donors (Lipinski definition) is 3. The van der Waals surface area contributed by atoms with Crippen molar-refractivity contribution in [2.45, 2.75) is 25.3 Å². The average molecular weight is 438 g/mol. The fourth-order valence-electron chi connectivity index (χ4n) is 4.28. The maximum absolute atomic E-state index is 12.4. The Morgan fingerprint density at radius 1 is 1.15 bits per heavy atom. The van der Waals surface area contributed by atoms with E-state index in [0.29, 0.717) is 30.5 Å². The van der Waals surface area contributed by atoms with Crippen molar-refractivity contribution in [3.05, 3.63) is 66.4 Å². The molecule has 1 aliphatic rings. The third-order valence-electron chi connectivity index (χ3n) is 5.98. The highest BCUT2D eigenvalue weighted by Gasteiger charge is 2.30. The number of pyridine rings is 2. The Bertz CT molecular complexity index is 1470. The number of nitrogen functional groups attached to an aromatic ring is 1. The van der Waals surface area contributed by atoms with Crippen molar-refractivity contribution in [2.75, 3.05) is 12.3 Å². The third-order valence-corrected chi connectivity index (χ3v) is 5.98. The fraction of sp³-hybridized carbons (Fsp3) is 0.208. The molecule has 1 fully saturated rings. The van der Waals surface area contributed by atoms with Crippen LogP contribution in [0.5, 0.6) is 0 Å². The van der Waals surface area contributed by atoms with Gasteiger partial charge in [-0.15, -0.1) is 0 Å². The summed E-state index contributed by atoms with van der Waals surface area (Å²) in [5.74, 6) is 1.13. The number of rotatable bonds is 6. The van der Waals surface area contributed by atoms with Gasteiger partial charge >= 0.3 is 0 Å². The Labute approximate surface area is 189 Å². The molecule has 0 spiro atoms. The van der Waals surface area contributed by atoms with E-state index in [1.807, 2.05) is 12.1 Å². The van der Waals surface area contributed by atoms with E-state index in [-0.39, 0.29) is 5.91 Å². The normalized spacial score (nSPS) is 13.6. The summed E-state index contributed by atoms with van der Waals surface area (Å²) in [6, 6.07) is 13.8. The van der Waals surface area contributed by atoms with Crippen molar-refractivity contribution < 1.29 is 4.79 Å². The molecule has 6 rings (SSSR count). The molecular weight excluding hydrogens is 416 g/mol. The highest BCUT2D eigenvalue weighted by molar-refractivity contribution is 6.07. The molecule has 0 radical (unpaired) electrons. The van der Waals surface area contributed by atoms with Gasteiger partial charge in [-0.05, 0) is 43.2 Å². The Hall–Kier alpha value is -4.27. The first-order valence-electron chi connectivity index (χ1n) is 11.0. The summed E-state index contributed by atoms with van der Waals surface area (Å²) in [5.41, 5.74) is 11.3. The van der Waals surface area contributed by atoms with Crippen molar-refractivity contribution in [1.82, 2.24) is 35.0 Å². The van der Waals surface area contributed by atoms with E-state index >= 15 is 0 Å². The van der Waals surface area contributed by atoms with Crippen LogP contribution in [0.2, 0.25) is 0 Å². The maximum atomic E-state index is 12.4. The van der Waals surface area contributed by atoms with Crippen molar-refractivity contribution in [3.8, 4) is 11.3 Å². The monoisotopic (exact) mass is 438 g/mol. The number of aromatic nitrogens is 6. The van der Waals surface area contributed by atoms with Crippen LogP contribution in [0.4, 0.5) is 5.82 Å². The van der Waals surface area contributed by atoms with Crippen molar-refractivity contribution >= 4 is 33.7 Å². The number of H-pyrrole nitrogens is 1. The molecule has 5 aromatic rings. The number of anilines is 1. The predicted octanol–water partition coefficient (Wildman–Crippen LogP) is 3.26. The number of nitrogens with two attached hydrogens (primary N) is 1. The van der Waals surface area contributed by atoms with E-state index < -0.39 is 0 Å². The Morgan fingerprint density at radius 3 is 2.82 bits per heavy atom. The molecule has 9 nitrogen and oxygen atoms in total. The summed E-state index contributed by atoms with van der Waals surface area (Å²) in [4.78, 5) is 26.0. The highest BCUT2D eigenvalue weighted by Crippen LogP contribution is 2.41. The zero-order valence-corrected chi connectivity index (χ0v) is 17.8. The van der Waals surface area contributed by atoms with Crippen LogP contribution in [0.3, 0.4) is 0 Å². The summed E-state index contributed by atoms with van der Waals surface area (Å²) in [6.07, 6.45) is 6.14. The van der Waals surface area contributed by atoms with E-state index in [4.69, 9.17) is 10.7 Å². The number of benzene rings is 1. The lowest BCUT2D eigenvalue weighted by Crippen LogP contribution is -2.27. The molecule has 4 N–H and O–H groups in total. The Morgan fingerprint density at radius 2 is 2.06 bits per heavy atom. The lowest BCUT2D eigenvalue weighted by atomic mass is 10.1. The minimum Gasteiger partial charge on any atom is -0.382 e. The quantitative estimate of drug-likeness (QED) is 0.373. The zero-order chi connectivity index (χ0) is 22.4. The average Bonchev–Trinajstić information content (AvgIpc) is 3.37. The van der Waals surface area contributed by atoms with Gasteiger partial charge in [0.15, 0.2) is 5.82 Å². The van der Waals surface area contributed by atoms with Gasteiger partial charge in [0.05, 0.1) is 16.7 Å². The number of hydrogen-bond acceptors (Lipinski definition) is 6. The number of amides is 1. The molecule has 0 unspecified atom stereocenters. The molecular formula is C24H22N8O. The van der Waals surface area contributed by atoms with Gasteiger partial charge in [-0.3, -0.25) is 14.9 Å². The second-order valence-electron chi connectivity index (χ2n) is 8.25. The molecule has 1 aromatic carbocycles. The molecule has 4 heterocycles. The van der Waals surface area contributed by atoms with Crippen LogP contribution in [0, 0.1) is 0 Å². The molecule has 0 atom stereocenters. The summed E-state index contributed by atoms with van der Waals surface area (Å²) >= 11 is 0. The minimum atomic E-state index is -0.192. The molecule has 1 amide bonds. The van der Waals surface area contributed by atoms with Gasteiger partial charge in [0, 0.05) is 42.4 Å². The van der Waals surface area contributed by atoms with Crippen LogP contribution < -0.4 is 11.1 Å². The van der Waals surface area contributed by atoms with Crippen molar-refractivity contribution in [3.63, 3.8) is 0 Å². The van der Waals surface area contributed by atoms with Gasteiger partial charge in [0.1, 0.15) is 17.0 Å². The van der Waals surface area contributed by atoms with Gasteiger partial charge in [-0.2, -0.15) is 5.10 Å². The van der Waals surface area contributed by atoms with E-state index in [0.717, 1.165) is 51.9 Å². The van der Waals surface area contributed by atoms with Gasteiger partial charge < -0.3 is 15.6 Å². The smallest absolute Gasteiger partial charge is 0.269 e. The third kappa shape index (κ3) is 3.47. The number of fused-ring (bicyclic) bond motifs is 3. The van der Waals surface area contributed by atoms with E-state index in [9.17, 15) is 4.79 Å². The Kier molecular flexibility index (Phi) is 4.53. The van der Waals surface area contributed by atoms with Crippen LogP contribution >= 0.6 is 0 Å². The molecule has 1 aliphatic carbocycles. The number of nitrogens with zero attached hydrogens (tertiary/aromatic N) is 5. The minimum absolute atomic E-state index is 0.192. The number of aromatic amines is 1. The molecule has 4 aromatic heterocycles. The first-order valence-corrected chi connectivity index (χ1v) is 11.0. The topological polar surface area (TPSA) is 127 Å². The number of carbonyl (C=O) groups excluding carboxylic acids is 1. The Balaban J connectivity index is 1.36. The van der Waals surface area contributed by atoms with E-state index in [2.05, 4.69) is 42.2 Å². The molecule has 164 valence electrons. The zero-order valence-electron chi connectivity index (χ0n) is 17.8. The maximum Gasteiger partial charge on any atom is 0.269 e. The van der Waals surface area contributed by atoms with Crippen molar-refractivity contribution in [2.24, 2.45) is 0 Å². The number of nitrogens with one attached hydrogen (secondary N) is 2. The summed E-state index contributed by atoms with van der Waals surface area (Å²) < 4.78 is 2.29. The van der Waals surface area contributed by atoms with Crippen LogP contribution in [0.1, 0.15) is 35.2 Å². The second-order valence-corrected chi connectivity index (χ2v) is 8.25. The first kappa shape index (κ1) is 19.4. The SMILES string of the molecule is Nc1nc2cc(-c3ccn[nH]3)ccc2c2c1nc(CCNC(=O)c1ccccn1)n2C1CC1. The highest BCUT2D eigenvalue weighted by atomic mass is 16.1. The van der Waals surface area contributed by atoms with E-state index in [1.54, 1.807) is 30.6 Å². The number of imidazole rings is 1. The predicted molar refractivity (Wildman–Crippen MR) is 126 cm³/mol. The van der Waals surface area contributed by atoms with Crippen molar-refractivity contribution in [1.29, 1.82) is 0 Å². The van der Waals surface area contributed by atoms with Gasteiger partial charge in [0.25, 0.3) is 5.91 Å². The second kappa shape index (κ2) is 7.70. The van der Waals surface area contributed by atoms with Gasteiger partial charge in [-0.1, -0.05) is 12.1 Å². The molecule has 9 heteroatoms. The first-order chi connectivity index (χ1) is 16.2. The summed E-state index contributed by atoms with van der Waals surface area (Å²) in [7, 11) is 0. The van der Waals surface area contributed by atoms with Gasteiger partial charge in [0.2, 0.25) is 0 Å². The fourth-order valence-corrected chi connectivity index (χ4v) is 4.28. The molecule has 1 saturated carbocycles. The molecule has 33 heavy (non-hydrogen) atoms. The lowest BCUT2D eigenvalue weighted by Gasteiger charge is -2.11. The van der Waals surface area contributed by atoms with Crippen LogP contribution in [0.25, 0.3) is 33.2 Å². The van der Waals surface area contributed by atoms with Crippen LogP contribution in [0.15, 0.2) is 54.9 Å². The standard InChI is InChI=1S/C24H22N8O/c25-23-21-22(16-7-4-14(13-19(16)29-23)17-8-12-28-31-17)32(15-5-6-15)20(30-21)9-11-27-24(33)18-3-1-2-10-26-18/h1-4,7-8,10,12-13,15H,5-6,9,11H2,(H2,25,29)(H,27,33)(H,28,31). The molecule has 0 bridgehead atoms. The number of carbonyl (C=O) groups is 1. The lowest BCUT2D eigenvalue weighted by molar-refractivity contribution is 0.0949.